The Morgan fingerprint density at radius 1 is 1.31 bits per heavy atom. The predicted octanol–water partition coefficient (Wildman–Crippen LogP) is 3.31. The van der Waals surface area contributed by atoms with Gasteiger partial charge in [0.25, 0.3) is 0 Å². The fraction of sp³-hybridized carbons (Fsp3) is 0.769. The smallest absolute Gasteiger partial charge is 0.303 e. The molecule has 2 nitrogen and oxygen atoms in total. The molecule has 0 rings (SSSR count). The van der Waals surface area contributed by atoms with Gasteiger partial charge in [0.15, 0.2) is 6.10 Å². The molecular weight excluding hydrogens is 216 g/mol. The second-order valence-corrected chi connectivity index (χ2v) is 11.9. The number of ether oxygens (including phenoxy) is 1. The number of hydrogen-bond donors (Lipinski definition) is 0. The minimum absolute atomic E-state index is 0.127. The zero-order valence-electron chi connectivity index (χ0n) is 11.6. The molecule has 0 saturated carbocycles. The molecule has 0 aliphatic heterocycles. The summed E-state index contributed by atoms with van der Waals surface area (Å²) in [5, 5.41) is 0. The monoisotopic (exact) mass is 240 g/mol. The van der Waals surface area contributed by atoms with Gasteiger partial charge in [-0.1, -0.05) is 46.3 Å². The quantitative estimate of drug-likeness (QED) is 0.420. The Balaban J connectivity index is 4.62. The fourth-order valence-electron chi connectivity index (χ4n) is 0.998. The van der Waals surface area contributed by atoms with Crippen molar-refractivity contribution < 1.29 is 9.53 Å². The normalized spacial score (nSPS) is 13.7. The van der Waals surface area contributed by atoms with Crippen LogP contribution in [0.15, 0.2) is 0 Å². The molecule has 0 aliphatic carbocycles. The molecule has 0 aromatic rings. The lowest BCUT2D eigenvalue weighted by atomic mass is 9.89. The average Bonchev–Trinajstić information content (AvgIpc) is 1.97. The number of hydrogen-bond acceptors (Lipinski definition) is 2. The third-order valence-electron chi connectivity index (χ3n) is 1.92. The van der Waals surface area contributed by atoms with Crippen LogP contribution in [0, 0.1) is 17.3 Å². The highest BCUT2D eigenvalue weighted by atomic mass is 28.3. The Morgan fingerprint density at radius 3 is 2.12 bits per heavy atom. The van der Waals surface area contributed by atoms with Crippen molar-refractivity contribution in [3.05, 3.63) is 0 Å². The number of esters is 1. The molecule has 92 valence electrons. The van der Waals surface area contributed by atoms with E-state index in [1.54, 1.807) is 0 Å². The van der Waals surface area contributed by atoms with Crippen LogP contribution >= 0.6 is 0 Å². The largest absolute Gasteiger partial charge is 0.449 e. The lowest BCUT2D eigenvalue weighted by Crippen LogP contribution is -2.29. The molecular formula is C13H24O2Si. The summed E-state index contributed by atoms with van der Waals surface area (Å²) < 4.78 is 5.23. The summed E-state index contributed by atoms with van der Waals surface area (Å²) in [5.74, 6) is 6.00. The topological polar surface area (TPSA) is 26.3 Å². The van der Waals surface area contributed by atoms with Crippen molar-refractivity contribution >= 4 is 14.0 Å². The minimum atomic E-state index is -1.14. The van der Waals surface area contributed by atoms with Gasteiger partial charge in [-0.3, -0.25) is 4.79 Å². The first kappa shape index (κ1) is 15.2. The van der Waals surface area contributed by atoms with E-state index in [9.17, 15) is 4.79 Å². The molecule has 16 heavy (non-hydrogen) atoms. The van der Waals surface area contributed by atoms with Crippen molar-refractivity contribution in [2.75, 3.05) is 0 Å². The molecule has 0 spiro atoms. The van der Waals surface area contributed by atoms with Crippen LogP contribution in [-0.2, 0) is 9.53 Å². The van der Waals surface area contributed by atoms with Crippen molar-refractivity contribution in [3.8, 4) is 11.8 Å². The van der Waals surface area contributed by atoms with Gasteiger partial charge in [0, 0.05) is 18.4 Å². The summed E-state index contributed by atoms with van der Waals surface area (Å²) in [6.07, 6.45) is -0.304. The zero-order valence-corrected chi connectivity index (χ0v) is 12.6. The molecule has 0 bridgehead atoms. The van der Waals surface area contributed by atoms with Gasteiger partial charge in [-0.25, -0.2) is 0 Å². The Hall–Kier alpha value is -0.753. The molecule has 3 heteroatoms. The lowest BCUT2D eigenvalue weighted by molar-refractivity contribution is -0.147. The van der Waals surface area contributed by atoms with E-state index in [4.69, 9.17) is 4.74 Å². The highest BCUT2D eigenvalue weighted by Gasteiger charge is 2.25. The summed E-state index contributed by atoms with van der Waals surface area (Å²) in [4.78, 5) is 11.0. The maximum absolute atomic E-state index is 11.0. The maximum atomic E-state index is 11.0. The van der Waals surface area contributed by atoms with Gasteiger partial charge in [-0.2, -0.15) is 0 Å². The van der Waals surface area contributed by atoms with Crippen LogP contribution in [0.25, 0.3) is 0 Å². The molecule has 0 saturated heterocycles. The van der Waals surface area contributed by atoms with Crippen LogP contribution in [0.4, 0.5) is 0 Å². The van der Waals surface area contributed by atoms with Crippen LogP contribution in [0.5, 0.6) is 0 Å². The van der Waals surface area contributed by atoms with Crippen molar-refractivity contribution in [1.82, 2.24) is 0 Å². The van der Waals surface area contributed by atoms with Crippen LogP contribution in [0.3, 0.4) is 0 Å². The van der Waals surface area contributed by atoms with Crippen LogP contribution in [0.2, 0.25) is 25.7 Å². The van der Waals surface area contributed by atoms with Gasteiger partial charge >= 0.3 is 5.97 Å². The standard InChI is InChI=1S/C13H24O2Si/c1-11(14)15-12(13(2,3)4)9-8-10-16(5,6)7/h12H,10H2,1-7H3. The van der Waals surface area contributed by atoms with Crippen LogP contribution < -0.4 is 0 Å². The number of carbonyl (C=O) groups is 1. The molecule has 0 N–H and O–H groups in total. The molecule has 0 heterocycles. The maximum Gasteiger partial charge on any atom is 0.303 e. The molecule has 1 unspecified atom stereocenters. The highest BCUT2D eigenvalue weighted by molar-refractivity contribution is 6.76. The van der Waals surface area contributed by atoms with Gasteiger partial charge in [-0.05, 0) is 0 Å². The van der Waals surface area contributed by atoms with Gasteiger partial charge in [0.05, 0.1) is 8.07 Å². The molecule has 0 aromatic carbocycles. The van der Waals surface area contributed by atoms with Gasteiger partial charge < -0.3 is 4.74 Å². The summed E-state index contributed by atoms with van der Waals surface area (Å²) in [7, 11) is -1.14. The molecule has 0 fully saturated rings. The minimum Gasteiger partial charge on any atom is -0.449 e. The Labute approximate surface area is 101 Å². The fourth-order valence-corrected chi connectivity index (χ4v) is 1.63. The average molecular weight is 240 g/mol. The first-order valence-corrected chi connectivity index (χ1v) is 9.39. The zero-order chi connectivity index (χ0) is 13.0. The van der Waals surface area contributed by atoms with E-state index in [-0.39, 0.29) is 17.5 Å². The summed E-state index contributed by atoms with van der Waals surface area (Å²) in [6, 6.07) is 0.945. The van der Waals surface area contributed by atoms with E-state index in [0.29, 0.717) is 0 Å². The van der Waals surface area contributed by atoms with Crippen LogP contribution in [0.1, 0.15) is 27.7 Å². The molecule has 0 aromatic heterocycles. The first-order chi connectivity index (χ1) is 7.02. The first-order valence-electron chi connectivity index (χ1n) is 5.68. The SMILES string of the molecule is CC(=O)OC(C#CC[Si](C)(C)C)C(C)(C)C. The van der Waals surface area contributed by atoms with E-state index in [0.717, 1.165) is 6.04 Å². The van der Waals surface area contributed by atoms with E-state index < -0.39 is 8.07 Å². The van der Waals surface area contributed by atoms with Gasteiger partial charge in [0.2, 0.25) is 0 Å². The Kier molecular flexibility index (Phi) is 5.28. The van der Waals surface area contributed by atoms with Gasteiger partial charge in [0.1, 0.15) is 0 Å². The third kappa shape index (κ3) is 7.53. The van der Waals surface area contributed by atoms with Crippen molar-refractivity contribution in [2.45, 2.75) is 59.5 Å². The Bertz CT molecular complexity index is 297. The molecule has 0 amide bonds. The third-order valence-corrected chi connectivity index (χ3v) is 3.16. The highest BCUT2D eigenvalue weighted by Crippen LogP contribution is 2.22. The van der Waals surface area contributed by atoms with E-state index in [1.165, 1.54) is 6.92 Å². The lowest BCUT2D eigenvalue weighted by Gasteiger charge is -2.25. The van der Waals surface area contributed by atoms with Crippen molar-refractivity contribution in [3.63, 3.8) is 0 Å². The van der Waals surface area contributed by atoms with Gasteiger partial charge in [-0.15, -0.1) is 5.92 Å². The van der Waals surface area contributed by atoms with Crippen molar-refractivity contribution in [1.29, 1.82) is 0 Å². The van der Waals surface area contributed by atoms with Crippen LogP contribution in [-0.4, -0.2) is 20.1 Å². The van der Waals surface area contributed by atoms with Crippen molar-refractivity contribution in [2.24, 2.45) is 5.41 Å². The predicted molar refractivity (Wildman–Crippen MR) is 70.9 cm³/mol. The summed E-state index contributed by atoms with van der Waals surface area (Å²) in [6.45, 7) is 14.4. The molecule has 0 radical (unpaired) electrons. The van der Waals surface area contributed by atoms with E-state index in [2.05, 4.69) is 31.5 Å². The summed E-state index contributed by atoms with van der Waals surface area (Å²) in [5.41, 5.74) is -0.127. The number of carbonyl (C=O) groups excluding carboxylic acids is 1. The van der Waals surface area contributed by atoms with E-state index in [1.807, 2.05) is 20.8 Å². The molecule has 0 aliphatic rings. The number of rotatable bonds is 2. The Morgan fingerprint density at radius 2 is 1.81 bits per heavy atom. The molecule has 1 atom stereocenters. The second-order valence-electron chi connectivity index (χ2n) is 6.41. The second kappa shape index (κ2) is 5.54. The van der Waals surface area contributed by atoms with E-state index >= 15 is 0 Å². The summed E-state index contributed by atoms with van der Waals surface area (Å²) >= 11 is 0.